The highest BCUT2D eigenvalue weighted by Gasteiger charge is 2.33. The second kappa shape index (κ2) is 5.18. The summed E-state index contributed by atoms with van der Waals surface area (Å²) in [6.45, 7) is 4.21. The van der Waals surface area contributed by atoms with Gasteiger partial charge in [0.05, 0.1) is 5.41 Å². The number of rotatable bonds is 3. The van der Waals surface area contributed by atoms with E-state index in [1.54, 1.807) is 4.52 Å². The van der Waals surface area contributed by atoms with Crippen LogP contribution in [0.2, 0.25) is 10.2 Å². The molecule has 1 saturated carbocycles. The van der Waals surface area contributed by atoms with Crippen LogP contribution < -0.4 is 0 Å². The summed E-state index contributed by atoms with van der Waals surface area (Å²) in [5.41, 5.74) is 2.71. The molecule has 1 aliphatic carbocycles. The summed E-state index contributed by atoms with van der Waals surface area (Å²) in [5.74, 6) is 1.31. The Bertz CT molecular complexity index is 879. The second-order valence-corrected chi connectivity index (χ2v) is 7.41. The van der Waals surface area contributed by atoms with Crippen LogP contribution in [0.3, 0.4) is 0 Å². The van der Waals surface area contributed by atoms with Crippen LogP contribution in [0.15, 0.2) is 30.3 Å². The summed E-state index contributed by atoms with van der Waals surface area (Å²) in [7, 11) is 0. The number of fused-ring (bicyclic) bond motifs is 1. The molecule has 4 nitrogen and oxygen atoms in total. The van der Waals surface area contributed by atoms with Crippen LogP contribution in [0.5, 0.6) is 0 Å². The molecule has 2 heterocycles. The number of hydrogen-bond donors (Lipinski definition) is 0. The van der Waals surface area contributed by atoms with Crippen LogP contribution in [0.4, 0.5) is 0 Å². The van der Waals surface area contributed by atoms with Crippen molar-refractivity contribution < 1.29 is 0 Å². The maximum absolute atomic E-state index is 6.24. The van der Waals surface area contributed by atoms with Crippen LogP contribution >= 0.6 is 23.2 Å². The molecule has 118 valence electrons. The van der Waals surface area contributed by atoms with Gasteiger partial charge in [0.1, 0.15) is 0 Å². The maximum Gasteiger partial charge on any atom is 0.181 e. The first-order valence-corrected chi connectivity index (χ1v) is 8.41. The molecule has 1 fully saturated rings. The topological polar surface area (TPSA) is 43.1 Å². The predicted octanol–water partition coefficient (Wildman–Crippen LogP) is 4.63. The first kappa shape index (κ1) is 14.9. The molecule has 0 bridgehead atoms. The van der Waals surface area contributed by atoms with Gasteiger partial charge in [-0.15, -0.1) is 10.2 Å². The van der Waals surface area contributed by atoms with Gasteiger partial charge >= 0.3 is 0 Å². The van der Waals surface area contributed by atoms with E-state index in [4.69, 9.17) is 23.2 Å². The van der Waals surface area contributed by atoms with Crippen LogP contribution in [0.1, 0.15) is 49.6 Å². The smallest absolute Gasteiger partial charge is 0.181 e. The Hall–Kier alpha value is -1.65. The van der Waals surface area contributed by atoms with Gasteiger partial charge < -0.3 is 0 Å². The Balaban J connectivity index is 1.89. The normalized spacial score (nSPS) is 15.3. The summed E-state index contributed by atoms with van der Waals surface area (Å²) in [5, 5.41) is 14.5. The van der Waals surface area contributed by atoms with E-state index in [-0.39, 0.29) is 5.41 Å². The fourth-order valence-corrected chi connectivity index (χ4v) is 3.27. The standard InChI is InChI=1S/C17H16Cl2N4/c1-17(2,11-5-7-12(18)8-6-11)16-21-20-15-13(10-3-4-10)9-14(19)22-23(15)16/h5-10H,3-4H2,1-2H3. The van der Waals surface area contributed by atoms with Crippen LogP contribution in [0, 0.1) is 0 Å². The molecule has 4 rings (SSSR count). The average Bonchev–Trinajstić information content (AvgIpc) is 3.26. The lowest BCUT2D eigenvalue weighted by Gasteiger charge is -2.23. The minimum Gasteiger partial charge on any atom is -0.195 e. The maximum atomic E-state index is 6.24. The van der Waals surface area contributed by atoms with Gasteiger partial charge in [-0.2, -0.15) is 9.61 Å². The van der Waals surface area contributed by atoms with Gasteiger partial charge in [0.15, 0.2) is 16.6 Å². The van der Waals surface area contributed by atoms with E-state index in [0.29, 0.717) is 16.1 Å². The SMILES string of the molecule is CC(C)(c1ccc(Cl)cc1)c1nnc2c(C3CC3)cc(Cl)nn12. The van der Waals surface area contributed by atoms with E-state index in [9.17, 15) is 0 Å². The van der Waals surface area contributed by atoms with Crippen molar-refractivity contribution in [3.63, 3.8) is 0 Å². The molecule has 0 amide bonds. The van der Waals surface area contributed by atoms with Crippen molar-refractivity contribution in [1.29, 1.82) is 0 Å². The third kappa shape index (κ3) is 2.50. The van der Waals surface area contributed by atoms with Gasteiger partial charge in [-0.05, 0) is 56.4 Å². The number of nitrogens with zero attached hydrogens (tertiary/aromatic N) is 4. The molecular weight excluding hydrogens is 331 g/mol. The molecule has 2 aromatic heterocycles. The lowest BCUT2D eigenvalue weighted by Crippen LogP contribution is -2.23. The Kier molecular flexibility index (Phi) is 3.36. The van der Waals surface area contributed by atoms with Crippen LogP contribution in [-0.2, 0) is 5.41 Å². The summed E-state index contributed by atoms with van der Waals surface area (Å²) in [4.78, 5) is 0. The molecule has 0 atom stereocenters. The first-order valence-electron chi connectivity index (χ1n) is 7.65. The molecule has 0 radical (unpaired) electrons. The van der Waals surface area contributed by atoms with Gasteiger partial charge in [-0.1, -0.05) is 35.3 Å². The molecule has 0 N–H and O–H groups in total. The quantitative estimate of drug-likeness (QED) is 0.694. The zero-order chi connectivity index (χ0) is 16.2. The van der Waals surface area contributed by atoms with Crippen LogP contribution in [-0.4, -0.2) is 19.8 Å². The largest absolute Gasteiger partial charge is 0.195 e. The number of hydrogen-bond acceptors (Lipinski definition) is 3. The average molecular weight is 347 g/mol. The van der Waals surface area contributed by atoms with E-state index in [0.717, 1.165) is 22.6 Å². The zero-order valence-corrected chi connectivity index (χ0v) is 14.4. The molecule has 3 aromatic rings. The molecule has 0 unspecified atom stereocenters. The molecule has 1 aromatic carbocycles. The first-order chi connectivity index (χ1) is 11.0. The van der Waals surface area contributed by atoms with Gasteiger partial charge in [-0.3, -0.25) is 0 Å². The second-order valence-electron chi connectivity index (χ2n) is 6.59. The van der Waals surface area contributed by atoms with E-state index in [2.05, 4.69) is 29.1 Å². The lowest BCUT2D eigenvalue weighted by atomic mass is 9.84. The number of benzene rings is 1. The number of halogens is 2. The monoisotopic (exact) mass is 346 g/mol. The van der Waals surface area contributed by atoms with E-state index in [1.165, 1.54) is 12.8 Å². The van der Waals surface area contributed by atoms with Crippen LogP contribution in [0.25, 0.3) is 5.65 Å². The van der Waals surface area contributed by atoms with Crippen molar-refractivity contribution >= 4 is 28.8 Å². The summed E-state index contributed by atoms with van der Waals surface area (Å²) in [6, 6.07) is 9.71. The minimum absolute atomic E-state index is 0.359. The lowest BCUT2D eigenvalue weighted by molar-refractivity contribution is 0.567. The summed E-state index contributed by atoms with van der Waals surface area (Å²) in [6.07, 6.45) is 2.36. The summed E-state index contributed by atoms with van der Waals surface area (Å²) >= 11 is 12.2. The van der Waals surface area contributed by atoms with E-state index >= 15 is 0 Å². The van der Waals surface area contributed by atoms with Gasteiger partial charge in [-0.25, -0.2) is 0 Å². The molecule has 1 aliphatic rings. The molecule has 0 aliphatic heterocycles. The highest BCUT2D eigenvalue weighted by Crippen LogP contribution is 2.42. The molecule has 23 heavy (non-hydrogen) atoms. The fourth-order valence-electron chi connectivity index (χ4n) is 2.95. The third-order valence-electron chi connectivity index (χ3n) is 4.51. The van der Waals surface area contributed by atoms with E-state index in [1.807, 2.05) is 30.3 Å². The molecular formula is C17H16Cl2N4. The van der Waals surface area contributed by atoms with Gasteiger partial charge in [0.2, 0.25) is 0 Å². The van der Waals surface area contributed by atoms with Crippen molar-refractivity contribution in [1.82, 2.24) is 19.8 Å². The van der Waals surface area contributed by atoms with Crippen molar-refractivity contribution in [2.75, 3.05) is 0 Å². The summed E-state index contributed by atoms with van der Waals surface area (Å²) < 4.78 is 1.80. The van der Waals surface area contributed by atoms with Crippen molar-refractivity contribution in [3.05, 3.63) is 57.5 Å². The van der Waals surface area contributed by atoms with Crippen molar-refractivity contribution in [2.45, 2.75) is 38.0 Å². The Morgan fingerprint density at radius 2 is 1.78 bits per heavy atom. The van der Waals surface area contributed by atoms with Gasteiger partial charge in [0.25, 0.3) is 0 Å². The Morgan fingerprint density at radius 3 is 2.43 bits per heavy atom. The highest BCUT2D eigenvalue weighted by molar-refractivity contribution is 6.30. The van der Waals surface area contributed by atoms with Crippen molar-refractivity contribution in [2.24, 2.45) is 0 Å². The van der Waals surface area contributed by atoms with Crippen molar-refractivity contribution in [3.8, 4) is 0 Å². The minimum atomic E-state index is -0.359. The van der Waals surface area contributed by atoms with E-state index < -0.39 is 0 Å². The molecule has 6 heteroatoms. The molecule has 0 spiro atoms. The Labute approximate surface area is 144 Å². The van der Waals surface area contributed by atoms with Gasteiger partial charge in [0, 0.05) is 10.6 Å². The number of aromatic nitrogens is 4. The highest BCUT2D eigenvalue weighted by atomic mass is 35.5. The fraction of sp³-hybridized carbons (Fsp3) is 0.353. The Morgan fingerprint density at radius 1 is 1.09 bits per heavy atom. The third-order valence-corrected chi connectivity index (χ3v) is 4.95. The molecule has 0 saturated heterocycles. The predicted molar refractivity (Wildman–Crippen MR) is 91.3 cm³/mol. The zero-order valence-electron chi connectivity index (χ0n) is 12.9.